The first-order valence-corrected chi connectivity index (χ1v) is 11.0. The van der Waals surface area contributed by atoms with Crippen molar-refractivity contribution < 1.29 is 17.9 Å². The second-order valence-corrected chi connectivity index (χ2v) is 9.00. The minimum atomic E-state index is -3.40. The molecule has 26 heavy (non-hydrogen) atoms. The lowest BCUT2D eigenvalue weighted by molar-refractivity contribution is -0.121. The topological polar surface area (TPSA) is 75.7 Å². The van der Waals surface area contributed by atoms with Crippen molar-refractivity contribution in [2.24, 2.45) is 0 Å². The largest absolute Gasteiger partial charge is 0.378 e. The van der Waals surface area contributed by atoms with Crippen LogP contribution in [0, 0.1) is 0 Å². The minimum absolute atomic E-state index is 0.00511. The zero-order valence-corrected chi connectivity index (χ0v) is 16.0. The van der Waals surface area contributed by atoms with Gasteiger partial charge in [0.15, 0.2) is 0 Å². The number of nitrogens with zero attached hydrogens (tertiary/aromatic N) is 1. The molecule has 1 unspecified atom stereocenters. The molecule has 0 saturated carbocycles. The van der Waals surface area contributed by atoms with Crippen molar-refractivity contribution in [1.82, 2.24) is 9.62 Å². The average Bonchev–Trinajstić information content (AvgIpc) is 3.19. The summed E-state index contributed by atoms with van der Waals surface area (Å²) in [6.45, 7) is 2.42. The highest BCUT2D eigenvalue weighted by Gasteiger charge is 2.25. The Kier molecular flexibility index (Phi) is 6.67. The number of piperidine rings is 1. The normalized spacial score (nSPS) is 21.6. The molecule has 2 aliphatic heterocycles. The second-order valence-electron chi connectivity index (χ2n) is 7.06. The van der Waals surface area contributed by atoms with Crippen LogP contribution in [0.4, 0.5) is 0 Å². The van der Waals surface area contributed by atoms with Gasteiger partial charge in [-0.3, -0.25) is 4.79 Å². The summed E-state index contributed by atoms with van der Waals surface area (Å²) in [5, 5.41) is 2.89. The Balaban J connectivity index is 1.48. The monoisotopic (exact) mass is 380 g/mol. The molecule has 0 aromatic heterocycles. The van der Waals surface area contributed by atoms with Crippen molar-refractivity contribution in [2.75, 3.05) is 19.7 Å². The maximum atomic E-state index is 12.6. The highest BCUT2D eigenvalue weighted by atomic mass is 32.2. The molecule has 1 N–H and O–H groups in total. The summed E-state index contributed by atoms with van der Waals surface area (Å²) >= 11 is 0. The van der Waals surface area contributed by atoms with Gasteiger partial charge in [-0.1, -0.05) is 18.6 Å². The third-order valence-corrected chi connectivity index (χ3v) is 7.00. The predicted molar refractivity (Wildman–Crippen MR) is 99.1 cm³/mol. The number of hydrogen-bond donors (Lipinski definition) is 1. The molecular formula is C19H28N2O4S. The molecule has 1 aromatic rings. The lowest BCUT2D eigenvalue weighted by atomic mass is 10.1. The average molecular weight is 381 g/mol. The van der Waals surface area contributed by atoms with Gasteiger partial charge >= 0.3 is 0 Å². The van der Waals surface area contributed by atoms with Crippen molar-refractivity contribution in [3.8, 4) is 0 Å². The molecule has 1 aromatic carbocycles. The van der Waals surface area contributed by atoms with E-state index < -0.39 is 10.0 Å². The van der Waals surface area contributed by atoms with Gasteiger partial charge in [0.1, 0.15) is 0 Å². The van der Waals surface area contributed by atoms with E-state index in [0.717, 1.165) is 50.7 Å². The van der Waals surface area contributed by atoms with Crippen molar-refractivity contribution in [3.05, 3.63) is 29.8 Å². The fourth-order valence-electron chi connectivity index (χ4n) is 3.49. The number of carbonyl (C=O) groups excluding carboxylic acids is 1. The molecule has 0 radical (unpaired) electrons. The molecule has 3 rings (SSSR count). The van der Waals surface area contributed by atoms with Gasteiger partial charge in [-0.15, -0.1) is 0 Å². The van der Waals surface area contributed by atoms with Crippen molar-refractivity contribution in [1.29, 1.82) is 0 Å². The van der Waals surface area contributed by atoms with Gasteiger partial charge in [0.05, 0.1) is 11.0 Å². The number of hydrogen-bond acceptors (Lipinski definition) is 4. The minimum Gasteiger partial charge on any atom is -0.378 e. The van der Waals surface area contributed by atoms with Crippen LogP contribution in [0.3, 0.4) is 0 Å². The smallest absolute Gasteiger partial charge is 0.243 e. The van der Waals surface area contributed by atoms with Crippen molar-refractivity contribution in [3.63, 3.8) is 0 Å². The number of benzene rings is 1. The van der Waals surface area contributed by atoms with Gasteiger partial charge < -0.3 is 10.1 Å². The molecule has 2 aliphatic rings. The summed E-state index contributed by atoms with van der Waals surface area (Å²) in [6, 6.07) is 6.82. The first-order valence-electron chi connectivity index (χ1n) is 9.53. The van der Waals surface area contributed by atoms with E-state index in [1.807, 2.05) is 0 Å². The van der Waals surface area contributed by atoms with E-state index in [-0.39, 0.29) is 12.0 Å². The Morgan fingerprint density at radius 2 is 1.85 bits per heavy atom. The highest BCUT2D eigenvalue weighted by molar-refractivity contribution is 7.89. The lowest BCUT2D eigenvalue weighted by Crippen LogP contribution is -2.35. The zero-order chi connectivity index (χ0) is 18.4. The fourth-order valence-corrected chi connectivity index (χ4v) is 5.00. The molecule has 0 bridgehead atoms. The van der Waals surface area contributed by atoms with Crippen LogP contribution in [0.1, 0.15) is 50.5 Å². The molecule has 1 atom stereocenters. The molecule has 0 aliphatic carbocycles. The maximum absolute atomic E-state index is 12.6. The van der Waals surface area contributed by atoms with E-state index in [9.17, 15) is 13.2 Å². The molecule has 1 amide bonds. The van der Waals surface area contributed by atoms with Gasteiger partial charge in [-0.2, -0.15) is 4.31 Å². The van der Waals surface area contributed by atoms with Crippen LogP contribution < -0.4 is 5.32 Å². The first-order chi connectivity index (χ1) is 12.6. The summed E-state index contributed by atoms with van der Waals surface area (Å²) in [6.07, 6.45) is 6.52. The summed E-state index contributed by atoms with van der Waals surface area (Å²) < 4.78 is 32.3. The van der Waals surface area contributed by atoms with E-state index in [1.54, 1.807) is 28.6 Å². The van der Waals surface area contributed by atoms with E-state index in [2.05, 4.69) is 5.32 Å². The molecule has 2 saturated heterocycles. The Hall–Kier alpha value is -1.44. The summed E-state index contributed by atoms with van der Waals surface area (Å²) in [7, 11) is -3.40. The Morgan fingerprint density at radius 1 is 1.12 bits per heavy atom. The molecule has 7 heteroatoms. The molecule has 6 nitrogen and oxygen atoms in total. The first kappa shape index (κ1) is 19.3. The quantitative estimate of drug-likeness (QED) is 0.788. The van der Waals surface area contributed by atoms with Gasteiger partial charge in [0, 0.05) is 32.7 Å². The number of sulfonamides is 1. The number of nitrogens with one attached hydrogen (secondary N) is 1. The third kappa shape index (κ3) is 5.05. The van der Waals surface area contributed by atoms with Crippen molar-refractivity contribution >= 4 is 15.9 Å². The van der Waals surface area contributed by atoms with Crippen LogP contribution in [0.2, 0.25) is 0 Å². The van der Waals surface area contributed by atoms with Gasteiger partial charge in [0.2, 0.25) is 15.9 Å². The molecule has 2 heterocycles. The standard InChI is InChI=1S/C19H28N2O4S/c22-19(11-8-17-5-4-14-25-17)20-15-16-6-9-18(10-7-16)26(23,24)21-12-2-1-3-13-21/h6-7,9-10,17H,1-5,8,11-15H2,(H,20,22). The van der Waals surface area contributed by atoms with Crippen LogP contribution >= 0.6 is 0 Å². The third-order valence-electron chi connectivity index (χ3n) is 5.08. The summed E-state index contributed by atoms with van der Waals surface area (Å²) in [5.41, 5.74) is 0.896. The zero-order valence-electron chi connectivity index (χ0n) is 15.2. The second kappa shape index (κ2) is 8.97. The van der Waals surface area contributed by atoms with Crippen LogP contribution in [-0.2, 0) is 26.1 Å². The molecule has 0 spiro atoms. The van der Waals surface area contributed by atoms with Crippen LogP contribution in [-0.4, -0.2) is 44.4 Å². The summed E-state index contributed by atoms with van der Waals surface area (Å²) in [4.78, 5) is 12.3. The number of amides is 1. The van der Waals surface area contributed by atoms with Crippen molar-refractivity contribution in [2.45, 2.75) is 62.5 Å². The number of carbonyl (C=O) groups is 1. The molecular weight excluding hydrogens is 352 g/mol. The Morgan fingerprint density at radius 3 is 2.50 bits per heavy atom. The fraction of sp³-hybridized carbons (Fsp3) is 0.632. The summed E-state index contributed by atoms with van der Waals surface area (Å²) in [5.74, 6) is 0.00511. The number of rotatable bonds is 7. The van der Waals surface area contributed by atoms with Crippen LogP contribution in [0.15, 0.2) is 29.2 Å². The van der Waals surface area contributed by atoms with Gasteiger partial charge in [-0.05, 0) is 49.8 Å². The number of ether oxygens (including phenoxy) is 1. The van der Waals surface area contributed by atoms with Gasteiger partial charge in [0.25, 0.3) is 0 Å². The highest BCUT2D eigenvalue weighted by Crippen LogP contribution is 2.21. The van der Waals surface area contributed by atoms with E-state index >= 15 is 0 Å². The lowest BCUT2D eigenvalue weighted by Gasteiger charge is -2.25. The van der Waals surface area contributed by atoms with Crippen LogP contribution in [0.25, 0.3) is 0 Å². The predicted octanol–water partition coefficient (Wildman–Crippen LogP) is 2.44. The Labute approximate surface area is 156 Å². The maximum Gasteiger partial charge on any atom is 0.243 e. The Bertz CT molecular complexity index is 691. The molecule has 144 valence electrons. The van der Waals surface area contributed by atoms with E-state index in [1.165, 1.54) is 0 Å². The van der Waals surface area contributed by atoms with E-state index in [4.69, 9.17) is 4.74 Å². The van der Waals surface area contributed by atoms with Crippen LogP contribution in [0.5, 0.6) is 0 Å². The van der Waals surface area contributed by atoms with E-state index in [0.29, 0.717) is 31.0 Å². The molecule has 2 fully saturated rings. The van der Waals surface area contributed by atoms with Gasteiger partial charge in [-0.25, -0.2) is 8.42 Å². The SMILES string of the molecule is O=C(CCC1CCCO1)NCc1ccc(S(=O)(=O)N2CCCCC2)cc1.